The summed E-state index contributed by atoms with van der Waals surface area (Å²) >= 11 is 0. The summed E-state index contributed by atoms with van der Waals surface area (Å²) in [4.78, 5) is 12.4. The lowest BCUT2D eigenvalue weighted by molar-refractivity contribution is -0.133. The van der Waals surface area contributed by atoms with E-state index in [4.69, 9.17) is 10.9 Å². The Kier molecular flexibility index (Phi) is 6.30. The van der Waals surface area contributed by atoms with Crippen LogP contribution < -0.4 is 11.1 Å². The Balaban J connectivity index is 2.55. The molecule has 0 aromatic rings. The molecule has 1 rings (SSSR count). The quantitative estimate of drug-likeness (QED) is 0.277. The van der Waals surface area contributed by atoms with Crippen LogP contribution in [-0.2, 0) is 4.79 Å². The van der Waals surface area contributed by atoms with Crippen molar-refractivity contribution in [3.05, 3.63) is 0 Å². The lowest BCUT2D eigenvalue weighted by Crippen LogP contribution is -2.57. The molecule has 0 radical (unpaired) electrons. The Bertz CT molecular complexity index is 349. The van der Waals surface area contributed by atoms with Crippen LogP contribution in [0.3, 0.4) is 0 Å². The number of carbonyl (C=O) groups excluding carboxylic acids is 1. The highest BCUT2D eigenvalue weighted by molar-refractivity contribution is 6.07. The fourth-order valence-corrected chi connectivity index (χ4v) is 3.09. The normalized spacial score (nSPS) is 27.8. The van der Waals surface area contributed by atoms with Gasteiger partial charge in [0.1, 0.15) is 5.41 Å². The second kappa shape index (κ2) is 7.50. The van der Waals surface area contributed by atoms with Crippen molar-refractivity contribution in [3.8, 4) is 0 Å². The number of nitrogens with two attached hydrogens (primary N) is 1. The van der Waals surface area contributed by atoms with Gasteiger partial charge in [0.2, 0.25) is 5.91 Å². The van der Waals surface area contributed by atoms with E-state index in [1.165, 1.54) is 12.8 Å². The summed E-state index contributed by atoms with van der Waals surface area (Å²) in [7, 11) is 0. The number of unbranched alkanes of at least 4 members (excludes halogenated alkanes) is 1. The summed E-state index contributed by atoms with van der Waals surface area (Å²) in [5.41, 5.74) is 4.95. The molecule has 0 spiro atoms. The van der Waals surface area contributed by atoms with Crippen molar-refractivity contribution < 1.29 is 10.0 Å². The van der Waals surface area contributed by atoms with Gasteiger partial charge in [-0.2, -0.15) is 0 Å². The van der Waals surface area contributed by atoms with Crippen molar-refractivity contribution in [1.82, 2.24) is 5.32 Å². The van der Waals surface area contributed by atoms with Gasteiger partial charge in [-0.1, -0.05) is 45.2 Å². The summed E-state index contributed by atoms with van der Waals surface area (Å²) in [5, 5.41) is 15.0. The number of nitrogens with one attached hydrogen (secondary N) is 1. The predicted octanol–water partition coefficient (Wildman–Crippen LogP) is 2.48. The molecule has 1 aliphatic carbocycles. The highest BCUT2D eigenvalue weighted by Crippen LogP contribution is 2.45. The van der Waals surface area contributed by atoms with Crippen molar-refractivity contribution >= 4 is 11.7 Å². The summed E-state index contributed by atoms with van der Waals surface area (Å²) < 4.78 is 0. The Morgan fingerprint density at radius 3 is 2.60 bits per heavy atom. The minimum absolute atomic E-state index is 0.0507. The maximum atomic E-state index is 12.4. The number of oxime groups is 1. The molecule has 1 fully saturated rings. The highest BCUT2D eigenvalue weighted by Gasteiger charge is 2.52. The number of hydrogen-bond donors (Lipinski definition) is 3. The van der Waals surface area contributed by atoms with E-state index in [2.05, 4.69) is 31.2 Å². The molecule has 20 heavy (non-hydrogen) atoms. The molecule has 0 aliphatic heterocycles. The van der Waals surface area contributed by atoms with E-state index in [0.29, 0.717) is 31.2 Å². The van der Waals surface area contributed by atoms with Crippen LogP contribution in [0.5, 0.6) is 0 Å². The highest BCUT2D eigenvalue weighted by atomic mass is 16.4. The topological polar surface area (TPSA) is 87.7 Å². The van der Waals surface area contributed by atoms with E-state index in [1.807, 2.05) is 0 Å². The average Bonchev–Trinajstić information content (AvgIpc) is 2.42. The van der Waals surface area contributed by atoms with Crippen molar-refractivity contribution in [2.75, 3.05) is 6.54 Å². The molecular weight excluding hydrogens is 254 g/mol. The molecule has 0 heterocycles. The largest absolute Gasteiger partial charge is 0.409 e. The molecule has 5 heteroatoms. The molecule has 5 nitrogen and oxygen atoms in total. The Morgan fingerprint density at radius 1 is 1.50 bits per heavy atom. The van der Waals surface area contributed by atoms with Crippen molar-refractivity contribution in [2.45, 2.75) is 59.3 Å². The van der Waals surface area contributed by atoms with Crippen LogP contribution in [0.1, 0.15) is 59.3 Å². The molecule has 0 aromatic heterocycles. The Morgan fingerprint density at radius 2 is 2.15 bits per heavy atom. The second-order valence-corrected chi connectivity index (χ2v) is 6.21. The fraction of sp³-hybridized carbons (Fsp3) is 0.867. The Labute approximate surface area is 122 Å². The SMILES string of the molecule is CCCCC(CC)CNC(=O)C1(C(N)=NO)CC(C)C1. The third-order valence-electron chi connectivity index (χ3n) is 4.52. The minimum atomic E-state index is -0.781. The standard InChI is InChI=1S/C15H29N3O2/c1-4-6-7-12(5-2)10-17-14(19)15(13(16)18-20)8-11(3)9-15/h11-12,20H,4-10H2,1-3H3,(H2,16,18)(H,17,19). The number of amides is 1. The molecule has 0 saturated heterocycles. The van der Waals surface area contributed by atoms with E-state index in [-0.39, 0.29) is 11.7 Å². The van der Waals surface area contributed by atoms with Gasteiger partial charge in [0.05, 0.1) is 0 Å². The number of nitrogens with zero attached hydrogens (tertiary/aromatic N) is 1. The van der Waals surface area contributed by atoms with Crippen molar-refractivity contribution in [2.24, 2.45) is 28.1 Å². The van der Waals surface area contributed by atoms with Crippen LogP contribution in [0.2, 0.25) is 0 Å². The molecular formula is C15H29N3O2. The third kappa shape index (κ3) is 3.64. The second-order valence-electron chi connectivity index (χ2n) is 6.21. The molecule has 1 saturated carbocycles. The van der Waals surface area contributed by atoms with Gasteiger partial charge >= 0.3 is 0 Å². The molecule has 1 amide bonds. The van der Waals surface area contributed by atoms with Crippen LogP contribution in [0.4, 0.5) is 0 Å². The lowest BCUT2D eigenvalue weighted by atomic mass is 9.61. The van der Waals surface area contributed by atoms with Gasteiger partial charge in [-0.25, -0.2) is 0 Å². The van der Waals surface area contributed by atoms with E-state index in [0.717, 1.165) is 12.8 Å². The molecule has 4 N–H and O–H groups in total. The zero-order valence-corrected chi connectivity index (χ0v) is 13.0. The first-order valence-corrected chi connectivity index (χ1v) is 7.76. The Hall–Kier alpha value is -1.26. The average molecular weight is 283 g/mol. The van der Waals surface area contributed by atoms with Crippen molar-refractivity contribution in [3.63, 3.8) is 0 Å². The minimum Gasteiger partial charge on any atom is -0.409 e. The van der Waals surface area contributed by atoms with E-state index < -0.39 is 5.41 Å². The van der Waals surface area contributed by atoms with E-state index >= 15 is 0 Å². The van der Waals surface area contributed by atoms with Gasteiger partial charge in [-0.15, -0.1) is 0 Å². The first kappa shape index (κ1) is 16.8. The maximum Gasteiger partial charge on any atom is 0.233 e. The molecule has 1 aliphatic rings. The van der Waals surface area contributed by atoms with Crippen LogP contribution in [0.15, 0.2) is 5.16 Å². The van der Waals surface area contributed by atoms with Crippen LogP contribution >= 0.6 is 0 Å². The number of hydrogen-bond acceptors (Lipinski definition) is 3. The zero-order chi connectivity index (χ0) is 15.2. The van der Waals surface area contributed by atoms with Gasteiger partial charge in [0.15, 0.2) is 5.84 Å². The van der Waals surface area contributed by atoms with Crippen molar-refractivity contribution in [1.29, 1.82) is 0 Å². The number of carbonyl (C=O) groups is 1. The molecule has 1 atom stereocenters. The van der Waals surface area contributed by atoms with Crippen LogP contribution in [-0.4, -0.2) is 23.5 Å². The monoisotopic (exact) mass is 283 g/mol. The molecule has 1 unspecified atom stereocenters. The van der Waals surface area contributed by atoms with Gasteiger partial charge in [-0.05, 0) is 31.1 Å². The summed E-state index contributed by atoms with van der Waals surface area (Å²) in [5.74, 6) is 0.930. The van der Waals surface area contributed by atoms with E-state index in [1.54, 1.807) is 0 Å². The van der Waals surface area contributed by atoms with Crippen LogP contribution in [0, 0.1) is 17.3 Å². The summed E-state index contributed by atoms with van der Waals surface area (Å²) in [6.45, 7) is 7.09. The molecule has 0 aromatic carbocycles. The summed E-state index contributed by atoms with van der Waals surface area (Å²) in [6, 6.07) is 0. The lowest BCUT2D eigenvalue weighted by Gasteiger charge is -2.43. The molecule has 0 bridgehead atoms. The number of rotatable bonds is 8. The first-order chi connectivity index (χ1) is 9.50. The van der Waals surface area contributed by atoms with E-state index in [9.17, 15) is 4.79 Å². The maximum absolute atomic E-state index is 12.4. The van der Waals surface area contributed by atoms with Gasteiger partial charge in [0, 0.05) is 6.54 Å². The predicted molar refractivity (Wildman–Crippen MR) is 80.6 cm³/mol. The zero-order valence-electron chi connectivity index (χ0n) is 13.0. The summed E-state index contributed by atoms with van der Waals surface area (Å²) in [6.07, 6.45) is 5.90. The van der Waals surface area contributed by atoms with Gasteiger partial charge in [0.25, 0.3) is 0 Å². The van der Waals surface area contributed by atoms with Crippen LogP contribution in [0.25, 0.3) is 0 Å². The number of amidine groups is 1. The first-order valence-electron chi connectivity index (χ1n) is 7.76. The smallest absolute Gasteiger partial charge is 0.233 e. The van der Waals surface area contributed by atoms with Gasteiger partial charge in [-0.3, -0.25) is 4.79 Å². The fourth-order valence-electron chi connectivity index (χ4n) is 3.09. The third-order valence-corrected chi connectivity index (χ3v) is 4.52. The van der Waals surface area contributed by atoms with Gasteiger partial charge < -0.3 is 16.3 Å². The molecule has 116 valence electrons.